The number of nitrogens with zero attached hydrogens (tertiary/aromatic N) is 1. The van der Waals surface area contributed by atoms with Gasteiger partial charge in [0.05, 0.1) is 13.7 Å². The highest BCUT2D eigenvalue weighted by Crippen LogP contribution is 2.37. The Balaban J connectivity index is 1.43. The zero-order valence-corrected chi connectivity index (χ0v) is 15.4. The molecule has 1 saturated heterocycles. The SMILES string of the molecule is COc1cccc(NC(=O)CN2CCCC2c2ccc3c(c2)OCCO3)c1. The summed E-state index contributed by atoms with van der Waals surface area (Å²) in [6.45, 7) is 2.43. The van der Waals surface area contributed by atoms with Gasteiger partial charge >= 0.3 is 0 Å². The second-order valence-electron chi connectivity index (χ2n) is 6.81. The summed E-state index contributed by atoms with van der Waals surface area (Å²) in [5, 5.41) is 2.96. The van der Waals surface area contributed by atoms with Crippen LogP contribution in [0.5, 0.6) is 17.2 Å². The van der Waals surface area contributed by atoms with Gasteiger partial charge in [-0.05, 0) is 49.2 Å². The van der Waals surface area contributed by atoms with Crippen molar-refractivity contribution in [3.63, 3.8) is 0 Å². The van der Waals surface area contributed by atoms with Gasteiger partial charge < -0.3 is 19.5 Å². The number of ether oxygens (including phenoxy) is 3. The smallest absolute Gasteiger partial charge is 0.238 e. The van der Waals surface area contributed by atoms with Crippen LogP contribution in [0, 0.1) is 0 Å². The van der Waals surface area contributed by atoms with E-state index in [1.165, 1.54) is 5.56 Å². The highest BCUT2D eigenvalue weighted by molar-refractivity contribution is 5.92. The van der Waals surface area contributed by atoms with Crippen molar-refractivity contribution in [2.75, 3.05) is 38.7 Å². The van der Waals surface area contributed by atoms with E-state index in [1.54, 1.807) is 7.11 Å². The minimum atomic E-state index is -0.0207. The summed E-state index contributed by atoms with van der Waals surface area (Å²) in [6.07, 6.45) is 2.11. The molecule has 2 aromatic carbocycles. The van der Waals surface area contributed by atoms with Gasteiger partial charge in [-0.3, -0.25) is 9.69 Å². The fraction of sp³-hybridized carbons (Fsp3) is 0.381. The molecule has 2 aliphatic heterocycles. The van der Waals surface area contributed by atoms with Crippen LogP contribution >= 0.6 is 0 Å². The number of amides is 1. The number of nitrogens with one attached hydrogen (secondary N) is 1. The summed E-state index contributed by atoms with van der Waals surface area (Å²) in [7, 11) is 1.61. The summed E-state index contributed by atoms with van der Waals surface area (Å²) in [6, 6.07) is 13.7. The molecule has 27 heavy (non-hydrogen) atoms. The molecular weight excluding hydrogens is 344 g/mol. The maximum absolute atomic E-state index is 12.5. The minimum absolute atomic E-state index is 0.0207. The molecule has 4 rings (SSSR count). The van der Waals surface area contributed by atoms with E-state index >= 15 is 0 Å². The second-order valence-corrected chi connectivity index (χ2v) is 6.81. The monoisotopic (exact) mass is 368 g/mol. The third-order valence-corrected chi connectivity index (χ3v) is 5.01. The largest absolute Gasteiger partial charge is 0.497 e. The number of hydrogen-bond donors (Lipinski definition) is 1. The molecule has 0 aliphatic carbocycles. The van der Waals surface area contributed by atoms with Crippen LogP contribution in [0.15, 0.2) is 42.5 Å². The Kier molecular flexibility index (Phi) is 5.16. The molecule has 2 heterocycles. The van der Waals surface area contributed by atoms with Crippen LogP contribution in [0.2, 0.25) is 0 Å². The number of rotatable bonds is 5. The molecule has 2 aliphatic rings. The van der Waals surface area contributed by atoms with Crippen molar-refractivity contribution >= 4 is 11.6 Å². The fourth-order valence-electron chi connectivity index (χ4n) is 3.75. The Morgan fingerprint density at radius 1 is 1.19 bits per heavy atom. The lowest BCUT2D eigenvalue weighted by Gasteiger charge is -2.26. The van der Waals surface area contributed by atoms with E-state index in [-0.39, 0.29) is 11.9 Å². The summed E-state index contributed by atoms with van der Waals surface area (Å²) < 4.78 is 16.5. The number of likely N-dealkylation sites (tertiary alicyclic amines) is 1. The zero-order valence-electron chi connectivity index (χ0n) is 15.4. The molecule has 142 valence electrons. The predicted octanol–water partition coefficient (Wildman–Crippen LogP) is 3.24. The third-order valence-electron chi connectivity index (χ3n) is 5.01. The van der Waals surface area contributed by atoms with Gasteiger partial charge in [0.15, 0.2) is 11.5 Å². The first-order valence-electron chi connectivity index (χ1n) is 9.30. The van der Waals surface area contributed by atoms with Crippen molar-refractivity contribution in [1.29, 1.82) is 0 Å². The maximum atomic E-state index is 12.5. The van der Waals surface area contributed by atoms with Gasteiger partial charge in [0, 0.05) is 17.8 Å². The van der Waals surface area contributed by atoms with Crippen molar-refractivity contribution in [3.8, 4) is 17.2 Å². The first-order valence-corrected chi connectivity index (χ1v) is 9.30. The molecule has 0 aromatic heterocycles. The molecule has 1 fully saturated rings. The number of anilines is 1. The van der Waals surface area contributed by atoms with Crippen LogP contribution in [0.4, 0.5) is 5.69 Å². The zero-order chi connectivity index (χ0) is 18.6. The lowest BCUT2D eigenvalue weighted by molar-refractivity contribution is -0.117. The molecule has 1 unspecified atom stereocenters. The Morgan fingerprint density at radius 3 is 2.89 bits per heavy atom. The Labute approximate surface area is 159 Å². The molecule has 0 bridgehead atoms. The van der Waals surface area contributed by atoms with Gasteiger partial charge in [0.1, 0.15) is 19.0 Å². The molecular formula is C21H24N2O4. The molecule has 0 saturated carbocycles. The van der Waals surface area contributed by atoms with E-state index < -0.39 is 0 Å². The highest BCUT2D eigenvalue weighted by atomic mass is 16.6. The topological polar surface area (TPSA) is 60.0 Å². The molecule has 1 amide bonds. The molecule has 0 spiro atoms. The number of carbonyl (C=O) groups excluding carboxylic acids is 1. The van der Waals surface area contributed by atoms with Crippen LogP contribution in [-0.4, -0.2) is 44.2 Å². The lowest BCUT2D eigenvalue weighted by atomic mass is 10.0. The summed E-state index contributed by atoms with van der Waals surface area (Å²) in [5.41, 5.74) is 1.92. The molecule has 0 radical (unpaired) electrons. The standard InChI is InChI=1S/C21H24N2O4/c1-25-17-5-2-4-16(13-17)22-21(24)14-23-9-3-6-18(23)15-7-8-19-20(12-15)27-11-10-26-19/h2,4-5,7-8,12-13,18H,3,6,9-11,14H2,1H3,(H,22,24). The van der Waals surface area contributed by atoms with Crippen molar-refractivity contribution in [1.82, 2.24) is 4.90 Å². The minimum Gasteiger partial charge on any atom is -0.497 e. The van der Waals surface area contributed by atoms with Crippen LogP contribution < -0.4 is 19.5 Å². The van der Waals surface area contributed by atoms with Gasteiger partial charge in [-0.2, -0.15) is 0 Å². The maximum Gasteiger partial charge on any atom is 0.238 e. The van der Waals surface area contributed by atoms with Gasteiger partial charge in [-0.1, -0.05) is 12.1 Å². The molecule has 6 heteroatoms. The molecule has 1 atom stereocenters. The molecule has 6 nitrogen and oxygen atoms in total. The Bertz CT molecular complexity index is 824. The highest BCUT2D eigenvalue weighted by Gasteiger charge is 2.28. The Morgan fingerprint density at radius 2 is 2.04 bits per heavy atom. The van der Waals surface area contributed by atoms with E-state index in [2.05, 4.69) is 22.3 Å². The Hall–Kier alpha value is -2.73. The summed E-state index contributed by atoms with van der Waals surface area (Å²) in [5.74, 6) is 2.30. The average Bonchev–Trinajstić information content (AvgIpc) is 3.15. The number of hydrogen-bond acceptors (Lipinski definition) is 5. The van der Waals surface area contributed by atoms with Crippen LogP contribution in [0.3, 0.4) is 0 Å². The molecule has 2 aromatic rings. The number of fused-ring (bicyclic) bond motifs is 1. The van der Waals surface area contributed by atoms with Crippen LogP contribution in [-0.2, 0) is 4.79 Å². The van der Waals surface area contributed by atoms with E-state index in [0.717, 1.165) is 42.3 Å². The average molecular weight is 368 g/mol. The van der Waals surface area contributed by atoms with E-state index in [1.807, 2.05) is 30.3 Å². The first kappa shape index (κ1) is 17.7. The first-order chi connectivity index (χ1) is 13.2. The fourth-order valence-corrected chi connectivity index (χ4v) is 3.75. The molecule has 1 N–H and O–H groups in total. The van der Waals surface area contributed by atoms with Crippen LogP contribution in [0.25, 0.3) is 0 Å². The van der Waals surface area contributed by atoms with E-state index in [9.17, 15) is 4.79 Å². The number of carbonyl (C=O) groups is 1. The van der Waals surface area contributed by atoms with E-state index in [0.29, 0.717) is 19.8 Å². The second kappa shape index (κ2) is 7.88. The van der Waals surface area contributed by atoms with Crippen molar-refractivity contribution < 1.29 is 19.0 Å². The van der Waals surface area contributed by atoms with Crippen molar-refractivity contribution in [2.24, 2.45) is 0 Å². The predicted molar refractivity (Wildman–Crippen MR) is 103 cm³/mol. The number of benzene rings is 2. The normalized spacial score (nSPS) is 18.9. The van der Waals surface area contributed by atoms with Crippen LogP contribution in [0.1, 0.15) is 24.4 Å². The van der Waals surface area contributed by atoms with Gasteiger partial charge in [0.25, 0.3) is 0 Å². The van der Waals surface area contributed by atoms with E-state index in [4.69, 9.17) is 14.2 Å². The van der Waals surface area contributed by atoms with Crippen molar-refractivity contribution in [3.05, 3.63) is 48.0 Å². The van der Waals surface area contributed by atoms with Crippen molar-refractivity contribution in [2.45, 2.75) is 18.9 Å². The van der Waals surface area contributed by atoms with Gasteiger partial charge in [-0.15, -0.1) is 0 Å². The quantitative estimate of drug-likeness (QED) is 0.878. The van der Waals surface area contributed by atoms with Gasteiger partial charge in [-0.25, -0.2) is 0 Å². The summed E-state index contributed by atoms with van der Waals surface area (Å²) in [4.78, 5) is 14.8. The number of methoxy groups -OCH3 is 1. The summed E-state index contributed by atoms with van der Waals surface area (Å²) >= 11 is 0. The third kappa shape index (κ3) is 4.01. The van der Waals surface area contributed by atoms with Gasteiger partial charge in [0.2, 0.25) is 5.91 Å². The lowest BCUT2D eigenvalue weighted by Crippen LogP contribution is -2.33.